The molecular formula is C29H41N5O4SSi. The quantitative estimate of drug-likeness (QED) is 0.264. The van der Waals surface area contributed by atoms with Crippen LogP contribution in [0, 0.1) is 5.92 Å². The Bertz CT molecular complexity index is 1370. The van der Waals surface area contributed by atoms with Crippen LogP contribution in [0.4, 0.5) is 16.2 Å². The maximum absolute atomic E-state index is 13.3. The van der Waals surface area contributed by atoms with Gasteiger partial charge in [0.2, 0.25) is 0 Å². The van der Waals surface area contributed by atoms with E-state index < -0.39 is 20.5 Å². The summed E-state index contributed by atoms with van der Waals surface area (Å²) in [5, 5.41) is 15.3. The predicted molar refractivity (Wildman–Crippen MR) is 164 cm³/mol. The van der Waals surface area contributed by atoms with Crippen molar-refractivity contribution in [3.05, 3.63) is 47.2 Å². The number of hydrogen-bond acceptors (Lipinski definition) is 7. The molecule has 0 aromatic carbocycles. The van der Waals surface area contributed by atoms with Gasteiger partial charge in [0.25, 0.3) is 5.91 Å². The van der Waals surface area contributed by atoms with Crippen molar-refractivity contribution < 1.29 is 19.1 Å². The van der Waals surface area contributed by atoms with E-state index in [1.807, 2.05) is 12.1 Å². The van der Waals surface area contributed by atoms with Crippen molar-refractivity contribution in [3.8, 4) is 0 Å². The summed E-state index contributed by atoms with van der Waals surface area (Å²) in [4.78, 5) is 37.3. The standard InChI is InChI=1S/C29H41N5O4SSi/c1-8-9-19-14-21-25(39-19)11-10-20(31-21)27(35)32-22-15-30-13-12-24(22)34-16-18(2)26(23(17-34)33-28(36)37)38-40(6,7)29(3,4)5/h10-15,18,23,26,33H,8-9,16-17H2,1-7H3,(H,32,35)(H,36,37)/t18-,23+,26+/m0/s1. The summed E-state index contributed by atoms with van der Waals surface area (Å²) in [7, 11) is -2.15. The third-order valence-corrected chi connectivity index (χ3v) is 13.6. The van der Waals surface area contributed by atoms with Crippen molar-refractivity contribution in [1.82, 2.24) is 15.3 Å². The summed E-state index contributed by atoms with van der Waals surface area (Å²) in [6.45, 7) is 16.2. The highest BCUT2D eigenvalue weighted by molar-refractivity contribution is 7.19. The van der Waals surface area contributed by atoms with Gasteiger partial charge in [-0.1, -0.05) is 41.0 Å². The SMILES string of the molecule is CCCc1cc2nc(C(=O)Nc3cnccc3N3C[C@H](C)[C@@H](O[Si](C)(C)C(C)(C)C)[C@H](NC(=O)O)C3)ccc2s1. The summed E-state index contributed by atoms with van der Waals surface area (Å²) >= 11 is 1.71. The molecule has 0 radical (unpaired) electrons. The second-order valence-corrected chi connectivity index (χ2v) is 18.1. The van der Waals surface area contributed by atoms with Crippen molar-refractivity contribution in [2.24, 2.45) is 5.92 Å². The maximum atomic E-state index is 13.3. The van der Waals surface area contributed by atoms with E-state index in [-0.39, 0.29) is 23.0 Å². The Labute approximate surface area is 241 Å². The average molecular weight is 584 g/mol. The number of carbonyl (C=O) groups excluding carboxylic acids is 1. The molecule has 0 spiro atoms. The van der Waals surface area contributed by atoms with Gasteiger partial charge in [0, 0.05) is 30.1 Å². The highest BCUT2D eigenvalue weighted by Gasteiger charge is 2.45. The molecule has 4 rings (SSSR count). The van der Waals surface area contributed by atoms with Crippen LogP contribution in [0.25, 0.3) is 10.2 Å². The number of thiophene rings is 1. The van der Waals surface area contributed by atoms with E-state index >= 15 is 0 Å². The Morgan fingerprint density at radius 2 is 1.98 bits per heavy atom. The number of rotatable bonds is 8. The lowest BCUT2D eigenvalue weighted by Gasteiger charge is -2.48. The third-order valence-electron chi connectivity index (χ3n) is 7.97. The Balaban J connectivity index is 1.56. The van der Waals surface area contributed by atoms with Gasteiger partial charge in [0.15, 0.2) is 8.32 Å². The molecule has 3 aromatic rings. The van der Waals surface area contributed by atoms with Crippen LogP contribution < -0.4 is 15.5 Å². The number of aromatic nitrogens is 2. The first-order chi connectivity index (χ1) is 18.8. The van der Waals surface area contributed by atoms with Gasteiger partial charge >= 0.3 is 6.09 Å². The Morgan fingerprint density at radius 3 is 2.65 bits per heavy atom. The van der Waals surface area contributed by atoms with E-state index in [2.05, 4.69) is 79.3 Å². The summed E-state index contributed by atoms with van der Waals surface area (Å²) in [5.41, 5.74) is 2.49. The van der Waals surface area contributed by atoms with Gasteiger partial charge in [0.05, 0.1) is 39.9 Å². The zero-order valence-corrected chi connectivity index (χ0v) is 26.3. The number of anilines is 2. The van der Waals surface area contributed by atoms with E-state index in [4.69, 9.17) is 4.43 Å². The molecule has 0 bridgehead atoms. The molecule has 3 aromatic heterocycles. The minimum atomic E-state index is -2.15. The van der Waals surface area contributed by atoms with Gasteiger partial charge in [-0.15, -0.1) is 11.3 Å². The largest absolute Gasteiger partial charge is 0.465 e. The average Bonchev–Trinajstić information content (AvgIpc) is 3.27. The van der Waals surface area contributed by atoms with Gasteiger partial charge in [-0.3, -0.25) is 9.78 Å². The Kier molecular flexibility index (Phi) is 8.86. The number of hydrogen-bond donors (Lipinski definition) is 3. The van der Waals surface area contributed by atoms with Crippen molar-refractivity contribution in [1.29, 1.82) is 0 Å². The van der Waals surface area contributed by atoms with Crippen LogP contribution in [-0.2, 0) is 10.8 Å². The smallest absolute Gasteiger partial charge is 0.405 e. The molecule has 11 heteroatoms. The van der Waals surface area contributed by atoms with E-state index in [0.29, 0.717) is 24.5 Å². The lowest BCUT2D eigenvalue weighted by atomic mass is 9.92. The van der Waals surface area contributed by atoms with E-state index in [1.165, 1.54) is 4.88 Å². The van der Waals surface area contributed by atoms with Crippen LogP contribution in [0.3, 0.4) is 0 Å². The zero-order valence-electron chi connectivity index (χ0n) is 24.4. The summed E-state index contributed by atoms with van der Waals surface area (Å²) < 4.78 is 7.82. The molecule has 0 unspecified atom stereocenters. The van der Waals surface area contributed by atoms with Gasteiger partial charge < -0.3 is 25.1 Å². The maximum Gasteiger partial charge on any atom is 0.405 e. The van der Waals surface area contributed by atoms with Crippen molar-refractivity contribution in [3.63, 3.8) is 0 Å². The van der Waals surface area contributed by atoms with Crippen LogP contribution in [-0.4, -0.2) is 60.6 Å². The molecule has 0 aliphatic carbocycles. The van der Waals surface area contributed by atoms with Gasteiger partial charge in [0.1, 0.15) is 5.69 Å². The van der Waals surface area contributed by atoms with Crippen molar-refractivity contribution in [2.75, 3.05) is 23.3 Å². The first-order valence-electron chi connectivity index (χ1n) is 13.9. The molecule has 1 aliphatic heterocycles. The number of nitrogens with one attached hydrogen (secondary N) is 2. The lowest BCUT2D eigenvalue weighted by Crippen LogP contribution is -2.62. The number of nitrogens with zero attached hydrogens (tertiary/aromatic N) is 3. The van der Waals surface area contributed by atoms with Gasteiger partial charge in [-0.2, -0.15) is 0 Å². The Morgan fingerprint density at radius 1 is 1.23 bits per heavy atom. The Hall–Kier alpha value is -3.02. The molecule has 1 saturated heterocycles. The number of fused-ring (bicyclic) bond motifs is 1. The fourth-order valence-electron chi connectivity index (χ4n) is 4.88. The minimum absolute atomic E-state index is 0.00216. The molecule has 4 heterocycles. The van der Waals surface area contributed by atoms with Crippen LogP contribution in [0.5, 0.6) is 0 Å². The number of carbonyl (C=O) groups is 2. The lowest BCUT2D eigenvalue weighted by molar-refractivity contribution is 0.0722. The van der Waals surface area contributed by atoms with Crippen molar-refractivity contribution >= 4 is 53.2 Å². The molecule has 2 amide bonds. The van der Waals surface area contributed by atoms with Crippen LogP contribution >= 0.6 is 11.3 Å². The van der Waals surface area contributed by atoms with Crippen LogP contribution in [0.1, 0.15) is 56.4 Å². The highest BCUT2D eigenvalue weighted by atomic mass is 32.1. The molecule has 1 aliphatic rings. The summed E-state index contributed by atoms with van der Waals surface area (Å²) in [5.74, 6) is -0.278. The number of piperidine rings is 1. The molecule has 40 heavy (non-hydrogen) atoms. The fraction of sp³-hybridized carbons (Fsp3) is 0.517. The normalized spacial score (nSPS) is 20.0. The minimum Gasteiger partial charge on any atom is -0.465 e. The molecule has 0 saturated carbocycles. The summed E-state index contributed by atoms with van der Waals surface area (Å²) in [6.07, 6.45) is 4.02. The first-order valence-corrected chi connectivity index (χ1v) is 17.6. The molecule has 216 valence electrons. The monoisotopic (exact) mass is 583 g/mol. The molecule has 3 N–H and O–H groups in total. The predicted octanol–water partition coefficient (Wildman–Crippen LogP) is 6.38. The molecular weight excluding hydrogens is 543 g/mol. The van der Waals surface area contributed by atoms with Gasteiger partial charge in [-0.25, -0.2) is 9.78 Å². The first kappa shape index (κ1) is 29.9. The van der Waals surface area contributed by atoms with Crippen LogP contribution in [0.15, 0.2) is 36.7 Å². The van der Waals surface area contributed by atoms with Crippen LogP contribution in [0.2, 0.25) is 18.1 Å². The number of amides is 2. The number of aryl methyl sites for hydroxylation is 1. The second-order valence-electron chi connectivity index (χ2n) is 12.2. The third kappa shape index (κ3) is 6.64. The van der Waals surface area contributed by atoms with Crippen molar-refractivity contribution in [2.45, 2.75) is 77.7 Å². The second kappa shape index (κ2) is 11.8. The highest BCUT2D eigenvalue weighted by Crippen LogP contribution is 2.40. The van der Waals surface area contributed by atoms with E-state index in [1.54, 1.807) is 29.8 Å². The van der Waals surface area contributed by atoms with E-state index in [0.717, 1.165) is 28.7 Å². The number of carboxylic acid groups (broad SMARTS) is 1. The molecule has 9 nitrogen and oxygen atoms in total. The zero-order chi connectivity index (χ0) is 29.2. The topological polar surface area (TPSA) is 117 Å². The van der Waals surface area contributed by atoms with E-state index in [9.17, 15) is 14.7 Å². The molecule has 3 atom stereocenters. The number of pyridine rings is 2. The summed E-state index contributed by atoms with van der Waals surface area (Å²) in [6, 6.07) is 7.16. The molecule has 1 fully saturated rings. The van der Waals surface area contributed by atoms with Gasteiger partial charge in [-0.05, 0) is 48.8 Å². The fourth-order valence-corrected chi connectivity index (χ4v) is 7.41.